The highest BCUT2D eigenvalue weighted by atomic mass is 79.9. The van der Waals surface area contributed by atoms with Crippen molar-refractivity contribution in [2.24, 2.45) is 11.7 Å². The highest BCUT2D eigenvalue weighted by Gasteiger charge is 2.38. The van der Waals surface area contributed by atoms with E-state index in [4.69, 9.17) is 14.9 Å². The van der Waals surface area contributed by atoms with Crippen molar-refractivity contribution in [2.45, 2.75) is 26.4 Å². The van der Waals surface area contributed by atoms with E-state index in [1.807, 2.05) is 0 Å². The molecule has 144 valence electrons. The fraction of sp³-hybridized carbons (Fsp3) is 0.389. The first-order valence-electron chi connectivity index (χ1n) is 8.36. The monoisotopic (exact) mass is 437 g/mol. The molecule has 8 nitrogen and oxygen atoms in total. The van der Waals surface area contributed by atoms with Crippen LogP contribution in [-0.2, 0) is 9.53 Å². The second kappa shape index (κ2) is 6.88. The molecule has 0 saturated carbocycles. The average Bonchev–Trinajstić information content (AvgIpc) is 2.82. The van der Waals surface area contributed by atoms with Crippen LogP contribution < -0.4 is 11.1 Å². The van der Waals surface area contributed by atoms with E-state index >= 15 is 0 Å². The summed E-state index contributed by atoms with van der Waals surface area (Å²) >= 11 is 3.35. The number of hydrogen-bond acceptors (Lipinski definition) is 5. The van der Waals surface area contributed by atoms with E-state index < -0.39 is 23.5 Å². The molecule has 0 atom stereocenters. The number of benzene rings is 1. The third kappa shape index (κ3) is 4.08. The Morgan fingerprint density at radius 2 is 1.96 bits per heavy atom. The molecule has 0 aliphatic carbocycles. The molecule has 0 unspecified atom stereocenters. The van der Waals surface area contributed by atoms with Gasteiger partial charge in [0, 0.05) is 22.9 Å². The molecule has 1 aliphatic heterocycles. The van der Waals surface area contributed by atoms with Crippen molar-refractivity contribution < 1.29 is 23.5 Å². The largest absolute Gasteiger partial charge is 0.449 e. The summed E-state index contributed by atoms with van der Waals surface area (Å²) < 4.78 is 11.5. The molecule has 0 radical (unpaired) electrons. The maximum Gasteiger partial charge on any atom is 0.410 e. The van der Waals surface area contributed by atoms with Gasteiger partial charge in [0.1, 0.15) is 16.9 Å². The predicted molar refractivity (Wildman–Crippen MR) is 102 cm³/mol. The molecule has 3 rings (SSSR count). The number of amides is 3. The number of anilines is 1. The summed E-state index contributed by atoms with van der Waals surface area (Å²) in [5.74, 6) is -1.61. The Labute approximate surface area is 164 Å². The minimum Gasteiger partial charge on any atom is -0.449 e. The molecule has 1 fully saturated rings. The van der Waals surface area contributed by atoms with E-state index in [1.54, 1.807) is 39.0 Å². The van der Waals surface area contributed by atoms with Crippen molar-refractivity contribution in [3.63, 3.8) is 0 Å². The van der Waals surface area contributed by atoms with E-state index in [1.165, 1.54) is 4.90 Å². The number of rotatable bonds is 3. The number of nitrogens with one attached hydrogen (secondary N) is 1. The SMILES string of the molecule is CC(C)(C)OC(=O)N1CC(C(=O)Nc2c(C(N)=O)oc3ccc(Br)cc23)C1. The van der Waals surface area contributed by atoms with Gasteiger partial charge >= 0.3 is 6.09 Å². The van der Waals surface area contributed by atoms with Gasteiger partial charge in [0.05, 0.1) is 5.92 Å². The van der Waals surface area contributed by atoms with Crippen molar-refractivity contribution in [3.05, 3.63) is 28.4 Å². The lowest BCUT2D eigenvalue weighted by atomic mass is 9.99. The van der Waals surface area contributed by atoms with Gasteiger partial charge in [0.2, 0.25) is 11.7 Å². The maximum atomic E-state index is 12.6. The molecule has 1 saturated heterocycles. The minimum atomic E-state index is -0.776. The van der Waals surface area contributed by atoms with Crippen LogP contribution in [0.4, 0.5) is 10.5 Å². The molecule has 27 heavy (non-hydrogen) atoms. The normalized spacial score (nSPS) is 14.7. The molecule has 2 aromatic rings. The highest BCUT2D eigenvalue weighted by molar-refractivity contribution is 9.10. The smallest absolute Gasteiger partial charge is 0.410 e. The third-order valence-corrected chi connectivity index (χ3v) is 4.52. The molecular formula is C18H20BrN3O5. The van der Waals surface area contributed by atoms with Crippen LogP contribution in [0.2, 0.25) is 0 Å². The number of carbonyl (C=O) groups excluding carboxylic acids is 3. The number of nitrogens with two attached hydrogens (primary N) is 1. The third-order valence-electron chi connectivity index (χ3n) is 4.03. The van der Waals surface area contributed by atoms with Crippen LogP contribution in [-0.4, -0.2) is 41.5 Å². The first kappa shape index (κ1) is 19.2. The zero-order valence-corrected chi connectivity index (χ0v) is 16.8. The van der Waals surface area contributed by atoms with Gasteiger partial charge in [-0.2, -0.15) is 0 Å². The molecule has 1 aromatic heterocycles. The Kier molecular flexibility index (Phi) is 4.90. The van der Waals surface area contributed by atoms with Gasteiger partial charge in [0.15, 0.2) is 0 Å². The summed E-state index contributed by atoms with van der Waals surface area (Å²) in [5.41, 5.74) is 5.45. The Morgan fingerprint density at radius 1 is 1.30 bits per heavy atom. The van der Waals surface area contributed by atoms with Crippen molar-refractivity contribution in [1.82, 2.24) is 4.90 Å². The topological polar surface area (TPSA) is 115 Å². The highest BCUT2D eigenvalue weighted by Crippen LogP contribution is 2.33. The van der Waals surface area contributed by atoms with Gasteiger partial charge in [0.25, 0.3) is 5.91 Å². The number of halogens is 1. The van der Waals surface area contributed by atoms with E-state index in [9.17, 15) is 14.4 Å². The lowest BCUT2D eigenvalue weighted by Gasteiger charge is -2.38. The average molecular weight is 438 g/mol. The number of fused-ring (bicyclic) bond motifs is 1. The molecule has 9 heteroatoms. The quantitative estimate of drug-likeness (QED) is 0.765. The number of nitrogens with zero attached hydrogens (tertiary/aromatic N) is 1. The lowest BCUT2D eigenvalue weighted by molar-refractivity contribution is -0.124. The number of furan rings is 1. The van der Waals surface area contributed by atoms with Crippen molar-refractivity contribution in [1.29, 1.82) is 0 Å². The van der Waals surface area contributed by atoms with E-state index in [0.717, 1.165) is 4.47 Å². The van der Waals surface area contributed by atoms with E-state index in [0.29, 0.717) is 11.0 Å². The molecule has 1 aromatic carbocycles. The van der Waals surface area contributed by atoms with Crippen molar-refractivity contribution in [2.75, 3.05) is 18.4 Å². The van der Waals surface area contributed by atoms with Crippen molar-refractivity contribution in [3.8, 4) is 0 Å². The summed E-state index contributed by atoms with van der Waals surface area (Å²) in [6.07, 6.45) is -0.456. The summed E-state index contributed by atoms with van der Waals surface area (Å²) in [5, 5.41) is 3.28. The Morgan fingerprint density at radius 3 is 2.56 bits per heavy atom. The maximum absolute atomic E-state index is 12.6. The summed E-state index contributed by atoms with van der Waals surface area (Å²) in [6.45, 7) is 5.82. The molecule has 1 aliphatic rings. The van der Waals surface area contributed by atoms with Crippen LogP contribution in [0.15, 0.2) is 27.1 Å². The number of ether oxygens (including phenoxy) is 1. The molecule has 3 amide bonds. The second-order valence-corrected chi connectivity index (χ2v) is 8.30. The minimum absolute atomic E-state index is 0.111. The zero-order chi connectivity index (χ0) is 19.9. The van der Waals surface area contributed by atoms with E-state index in [2.05, 4.69) is 21.2 Å². The Bertz CT molecular complexity index is 925. The number of likely N-dealkylation sites (tertiary alicyclic amines) is 1. The van der Waals surface area contributed by atoms with E-state index in [-0.39, 0.29) is 30.4 Å². The van der Waals surface area contributed by atoms with Crippen LogP contribution in [0, 0.1) is 5.92 Å². The number of carbonyl (C=O) groups is 3. The fourth-order valence-corrected chi connectivity index (χ4v) is 3.07. The Balaban J connectivity index is 1.72. The lowest BCUT2D eigenvalue weighted by Crippen LogP contribution is -2.55. The molecular weight excluding hydrogens is 418 g/mol. The first-order valence-corrected chi connectivity index (χ1v) is 9.15. The van der Waals surface area contributed by atoms with Gasteiger partial charge in [-0.05, 0) is 39.0 Å². The molecule has 2 heterocycles. The first-order chi connectivity index (χ1) is 12.5. The van der Waals surface area contributed by atoms with Gasteiger partial charge < -0.3 is 25.1 Å². The second-order valence-electron chi connectivity index (χ2n) is 7.38. The molecule has 3 N–H and O–H groups in total. The van der Waals surface area contributed by atoms with Crippen LogP contribution >= 0.6 is 15.9 Å². The van der Waals surface area contributed by atoms with Crippen LogP contribution in [0.25, 0.3) is 11.0 Å². The Hall–Kier alpha value is -2.55. The van der Waals surface area contributed by atoms with Gasteiger partial charge in [-0.25, -0.2) is 4.79 Å². The summed E-state index contributed by atoms with van der Waals surface area (Å²) in [6, 6.07) is 5.16. The standard InChI is InChI=1S/C18H20BrN3O5/c1-18(2,3)27-17(25)22-7-9(8-22)16(24)21-13-11-6-10(19)4-5-12(11)26-14(13)15(20)23/h4-6,9H,7-8H2,1-3H3,(H2,20,23)(H,21,24). The van der Waals surface area contributed by atoms with Gasteiger partial charge in [-0.1, -0.05) is 15.9 Å². The predicted octanol–water partition coefficient (Wildman–Crippen LogP) is 3.10. The zero-order valence-electron chi connectivity index (χ0n) is 15.2. The molecule has 0 spiro atoms. The summed E-state index contributed by atoms with van der Waals surface area (Å²) in [4.78, 5) is 37.7. The van der Waals surface area contributed by atoms with Crippen LogP contribution in [0.3, 0.4) is 0 Å². The van der Waals surface area contributed by atoms with Gasteiger partial charge in [-0.3, -0.25) is 9.59 Å². The van der Waals surface area contributed by atoms with Gasteiger partial charge in [-0.15, -0.1) is 0 Å². The fourth-order valence-electron chi connectivity index (χ4n) is 2.71. The number of primary amides is 1. The number of hydrogen-bond donors (Lipinski definition) is 2. The van der Waals surface area contributed by atoms with Crippen LogP contribution in [0.5, 0.6) is 0 Å². The van der Waals surface area contributed by atoms with Crippen LogP contribution in [0.1, 0.15) is 31.3 Å². The summed E-state index contributed by atoms with van der Waals surface area (Å²) in [7, 11) is 0. The van der Waals surface area contributed by atoms with Crippen molar-refractivity contribution >= 4 is 50.5 Å². The molecule has 0 bridgehead atoms.